The molecule has 0 amide bonds. The minimum atomic E-state index is -0.377. The first-order chi connectivity index (χ1) is 13.2. The summed E-state index contributed by atoms with van der Waals surface area (Å²) in [4.78, 5) is 0. The maximum atomic E-state index is 5.69. The molecule has 0 N–H and O–H groups in total. The van der Waals surface area contributed by atoms with Crippen LogP contribution in [-0.2, 0) is 18.9 Å². The quantitative estimate of drug-likeness (QED) is 0.306. The van der Waals surface area contributed by atoms with E-state index < -0.39 is 0 Å². The topological polar surface area (TPSA) is 36.9 Å². The van der Waals surface area contributed by atoms with Crippen molar-refractivity contribution in [2.45, 2.75) is 84.7 Å². The highest BCUT2D eigenvalue weighted by atomic mass is 16.7. The molecule has 4 heteroatoms. The molecule has 1 saturated heterocycles. The van der Waals surface area contributed by atoms with Crippen LogP contribution < -0.4 is 0 Å². The van der Waals surface area contributed by atoms with Crippen LogP contribution in [0.15, 0.2) is 23.8 Å². The summed E-state index contributed by atoms with van der Waals surface area (Å²) >= 11 is 0. The van der Waals surface area contributed by atoms with Gasteiger partial charge in [-0.1, -0.05) is 37.6 Å². The Bertz CT molecular complexity index is 527. The van der Waals surface area contributed by atoms with Gasteiger partial charge >= 0.3 is 0 Å². The van der Waals surface area contributed by atoms with Crippen molar-refractivity contribution in [2.24, 2.45) is 17.3 Å². The summed E-state index contributed by atoms with van der Waals surface area (Å²) in [5.74, 6) is 0.972. The van der Waals surface area contributed by atoms with E-state index in [2.05, 4.69) is 33.4 Å². The van der Waals surface area contributed by atoms with Crippen molar-refractivity contribution in [3.05, 3.63) is 23.8 Å². The lowest BCUT2D eigenvalue weighted by Gasteiger charge is -2.53. The van der Waals surface area contributed by atoms with Crippen LogP contribution in [0, 0.1) is 17.3 Å². The molecule has 0 radical (unpaired) electrons. The molecule has 2 atom stereocenters. The van der Waals surface area contributed by atoms with Crippen molar-refractivity contribution in [1.82, 2.24) is 0 Å². The second-order valence-corrected chi connectivity index (χ2v) is 9.46. The van der Waals surface area contributed by atoms with Gasteiger partial charge in [0.25, 0.3) is 0 Å². The fraction of sp³-hybridized carbons (Fsp3) is 0.833. The van der Waals surface area contributed by atoms with E-state index in [-0.39, 0.29) is 12.1 Å². The first kappa shape index (κ1) is 23.6. The van der Waals surface area contributed by atoms with Gasteiger partial charge in [-0.15, -0.1) is 0 Å². The monoisotopic (exact) mass is 394 g/mol. The van der Waals surface area contributed by atoms with Gasteiger partial charge in [-0.3, -0.25) is 0 Å². The highest BCUT2D eigenvalue weighted by Crippen LogP contribution is 2.56. The fourth-order valence-corrected chi connectivity index (χ4v) is 4.85. The Morgan fingerprint density at radius 2 is 1.79 bits per heavy atom. The second kappa shape index (κ2) is 10.4. The summed E-state index contributed by atoms with van der Waals surface area (Å²) in [6, 6.07) is 0. The van der Waals surface area contributed by atoms with Crippen LogP contribution >= 0.6 is 0 Å². The largest absolute Gasteiger partial charge is 0.356 e. The van der Waals surface area contributed by atoms with E-state index in [4.69, 9.17) is 18.9 Å². The summed E-state index contributed by atoms with van der Waals surface area (Å²) in [5.41, 5.74) is 3.26. The van der Waals surface area contributed by atoms with E-state index in [1.807, 2.05) is 6.92 Å². The molecular weight excluding hydrogens is 352 g/mol. The lowest BCUT2D eigenvalue weighted by Crippen LogP contribution is -2.44. The van der Waals surface area contributed by atoms with Gasteiger partial charge in [-0.25, -0.2) is 0 Å². The van der Waals surface area contributed by atoms with Crippen LogP contribution in [-0.4, -0.2) is 39.5 Å². The molecule has 0 bridgehead atoms. The van der Waals surface area contributed by atoms with Crippen molar-refractivity contribution >= 4 is 0 Å². The average molecular weight is 395 g/mol. The van der Waals surface area contributed by atoms with Gasteiger partial charge in [0.2, 0.25) is 0 Å². The highest BCUT2D eigenvalue weighted by Gasteiger charge is 2.47. The van der Waals surface area contributed by atoms with Crippen molar-refractivity contribution < 1.29 is 18.9 Å². The summed E-state index contributed by atoms with van der Waals surface area (Å²) in [6.45, 7) is 15.0. The van der Waals surface area contributed by atoms with Crippen LogP contribution in [0.1, 0.15) is 72.6 Å². The Labute approximate surface area is 172 Å². The van der Waals surface area contributed by atoms with Crippen LogP contribution in [0.25, 0.3) is 0 Å². The fourth-order valence-electron chi connectivity index (χ4n) is 4.85. The molecule has 0 unspecified atom stereocenters. The van der Waals surface area contributed by atoms with Crippen molar-refractivity contribution in [2.75, 3.05) is 27.4 Å². The number of hydrogen-bond donors (Lipinski definition) is 0. The SMILES string of the molecule is C=C(CCC(OC)OC)[C@H]1CC(C)(C)[C@@H]1CC/C(C)=C/CCC1(C)OCCO1. The van der Waals surface area contributed by atoms with Crippen molar-refractivity contribution in [3.8, 4) is 0 Å². The van der Waals surface area contributed by atoms with Crippen molar-refractivity contribution in [1.29, 1.82) is 0 Å². The summed E-state index contributed by atoms with van der Waals surface area (Å²) in [7, 11) is 3.40. The van der Waals surface area contributed by atoms with Gasteiger partial charge in [0.15, 0.2) is 12.1 Å². The molecule has 4 nitrogen and oxygen atoms in total. The molecule has 1 aliphatic heterocycles. The smallest absolute Gasteiger partial charge is 0.166 e. The van der Waals surface area contributed by atoms with E-state index in [1.165, 1.54) is 24.0 Å². The first-order valence-corrected chi connectivity index (χ1v) is 10.9. The van der Waals surface area contributed by atoms with Gasteiger partial charge in [0, 0.05) is 27.1 Å². The third-order valence-corrected chi connectivity index (χ3v) is 6.83. The van der Waals surface area contributed by atoms with Crippen LogP contribution in [0.2, 0.25) is 0 Å². The number of ether oxygens (including phenoxy) is 4. The van der Waals surface area contributed by atoms with E-state index >= 15 is 0 Å². The maximum Gasteiger partial charge on any atom is 0.166 e. The summed E-state index contributed by atoms with van der Waals surface area (Å²) in [6.07, 6.45) is 9.71. The van der Waals surface area contributed by atoms with E-state index in [9.17, 15) is 0 Å². The Kier molecular flexibility index (Phi) is 8.75. The van der Waals surface area contributed by atoms with Gasteiger partial charge < -0.3 is 18.9 Å². The van der Waals surface area contributed by atoms with Crippen LogP contribution in [0.5, 0.6) is 0 Å². The normalized spacial score (nSPS) is 26.5. The molecule has 28 heavy (non-hydrogen) atoms. The zero-order valence-electron chi connectivity index (χ0n) is 19.0. The highest BCUT2D eigenvalue weighted by molar-refractivity contribution is 5.14. The molecule has 0 aromatic heterocycles. The van der Waals surface area contributed by atoms with Crippen LogP contribution in [0.4, 0.5) is 0 Å². The first-order valence-electron chi connectivity index (χ1n) is 10.9. The standard InChI is InChI=1S/C24H42O4/c1-18(9-8-14-24(5)27-15-16-28-24)10-12-21-20(17-23(21,3)4)19(2)11-13-22(25-6)26-7/h9,20-22H,2,8,10-17H2,1,3-7H3/b18-9+/t20-,21-/m1/s1. The van der Waals surface area contributed by atoms with Gasteiger partial charge in [0.05, 0.1) is 13.2 Å². The molecule has 0 aromatic rings. The molecule has 2 rings (SSSR count). The average Bonchev–Trinajstić information content (AvgIpc) is 3.07. The van der Waals surface area contributed by atoms with Crippen LogP contribution in [0.3, 0.4) is 0 Å². The molecule has 1 aliphatic carbocycles. The minimum absolute atomic E-state index is 0.122. The van der Waals surface area contributed by atoms with E-state index in [1.54, 1.807) is 14.2 Å². The van der Waals surface area contributed by atoms with E-state index in [0.717, 1.165) is 45.3 Å². The number of hydrogen-bond acceptors (Lipinski definition) is 4. The molecule has 2 fully saturated rings. The predicted molar refractivity (Wildman–Crippen MR) is 114 cm³/mol. The van der Waals surface area contributed by atoms with Gasteiger partial charge in [-0.2, -0.15) is 0 Å². The predicted octanol–water partition coefficient (Wildman–Crippen LogP) is 5.87. The molecule has 162 valence electrons. The zero-order valence-corrected chi connectivity index (χ0v) is 19.0. The molecule has 1 heterocycles. The molecule has 0 spiro atoms. The lowest BCUT2D eigenvalue weighted by molar-refractivity contribution is -0.145. The molecular formula is C24H42O4. The third kappa shape index (κ3) is 6.41. The molecule has 2 aliphatic rings. The minimum Gasteiger partial charge on any atom is -0.356 e. The maximum absolute atomic E-state index is 5.69. The Balaban J connectivity index is 1.78. The van der Waals surface area contributed by atoms with Gasteiger partial charge in [0.1, 0.15) is 0 Å². The Morgan fingerprint density at radius 1 is 1.14 bits per heavy atom. The number of allylic oxidation sites excluding steroid dienone is 3. The Hall–Kier alpha value is -0.680. The van der Waals surface area contributed by atoms with Gasteiger partial charge in [-0.05, 0) is 63.2 Å². The third-order valence-electron chi connectivity index (χ3n) is 6.83. The second-order valence-electron chi connectivity index (χ2n) is 9.46. The lowest BCUT2D eigenvalue weighted by atomic mass is 9.52. The van der Waals surface area contributed by atoms with E-state index in [0.29, 0.717) is 17.3 Å². The number of methoxy groups -OCH3 is 2. The Morgan fingerprint density at radius 3 is 2.36 bits per heavy atom. The molecule has 0 aromatic carbocycles. The summed E-state index contributed by atoms with van der Waals surface area (Å²) < 4.78 is 22.0. The van der Waals surface area contributed by atoms with Crippen molar-refractivity contribution in [3.63, 3.8) is 0 Å². The zero-order chi connectivity index (χ0) is 20.8. The number of rotatable bonds is 12. The summed E-state index contributed by atoms with van der Waals surface area (Å²) in [5, 5.41) is 0. The molecule has 1 saturated carbocycles.